The van der Waals surface area contributed by atoms with Crippen molar-refractivity contribution in [3.63, 3.8) is 0 Å². The number of benzene rings is 2. The van der Waals surface area contributed by atoms with Crippen LogP contribution >= 0.6 is 0 Å². The summed E-state index contributed by atoms with van der Waals surface area (Å²) in [4.78, 5) is 22.9. The van der Waals surface area contributed by atoms with Gasteiger partial charge in [-0.3, -0.25) is 14.7 Å². The Morgan fingerprint density at radius 3 is 2.61 bits per heavy atom. The van der Waals surface area contributed by atoms with Crippen molar-refractivity contribution >= 4 is 17.3 Å². The van der Waals surface area contributed by atoms with Crippen molar-refractivity contribution in [2.24, 2.45) is 10.9 Å². The molecule has 0 radical (unpaired) electrons. The van der Waals surface area contributed by atoms with Crippen LogP contribution in [0.25, 0.3) is 0 Å². The zero-order valence-electron chi connectivity index (χ0n) is 19.5. The van der Waals surface area contributed by atoms with E-state index in [1.54, 1.807) is 7.11 Å². The van der Waals surface area contributed by atoms with Crippen LogP contribution < -0.4 is 19.1 Å². The molecular weight excluding hydrogens is 418 g/mol. The van der Waals surface area contributed by atoms with Gasteiger partial charge in [-0.15, -0.1) is 0 Å². The minimum Gasteiger partial charge on any atom is -0.497 e. The normalized spacial score (nSPS) is 19.7. The van der Waals surface area contributed by atoms with E-state index < -0.39 is 0 Å². The molecule has 0 aromatic heterocycles. The van der Waals surface area contributed by atoms with Gasteiger partial charge in [0.15, 0.2) is 11.5 Å². The molecular formula is C26H29N3O4. The molecule has 0 spiro atoms. The summed E-state index contributed by atoms with van der Waals surface area (Å²) < 4.78 is 16.5. The van der Waals surface area contributed by atoms with E-state index in [2.05, 4.69) is 18.7 Å². The van der Waals surface area contributed by atoms with Gasteiger partial charge in [-0.25, -0.2) is 0 Å². The smallest absolute Gasteiger partial charge is 0.275 e. The number of anilines is 1. The van der Waals surface area contributed by atoms with Crippen LogP contribution in [0.4, 0.5) is 5.69 Å². The average Bonchev–Trinajstić information content (AvgIpc) is 3.35. The number of carbonyl (C=O) groups is 1. The molecule has 0 saturated carbocycles. The number of amides is 1. The number of hydrogen-bond donors (Lipinski definition) is 0. The maximum Gasteiger partial charge on any atom is 0.275 e. The molecule has 0 fully saturated rings. The standard InChI is InChI=1S/C26H29N3O4/c1-16(2)13-20-23-24(17-5-10-21-22(14-17)33-15-32-21)29(18-6-8-19(31-4)9-7-18)26(30)25(23)28(3)12-11-27-20/h5-10,14,16,24H,11-13,15H2,1-4H3. The third-order valence-corrected chi connectivity index (χ3v) is 6.30. The largest absolute Gasteiger partial charge is 0.497 e. The molecule has 2 aromatic carbocycles. The van der Waals surface area contributed by atoms with Gasteiger partial charge in [0, 0.05) is 30.6 Å². The predicted octanol–water partition coefficient (Wildman–Crippen LogP) is 4.20. The fourth-order valence-electron chi connectivity index (χ4n) is 4.77. The van der Waals surface area contributed by atoms with Crippen molar-refractivity contribution in [2.45, 2.75) is 26.3 Å². The van der Waals surface area contributed by atoms with Crippen LogP contribution in [-0.2, 0) is 4.79 Å². The molecule has 3 aliphatic rings. The number of nitrogens with zero attached hydrogens (tertiary/aromatic N) is 3. The van der Waals surface area contributed by atoms with Gasteiger partial charge in [0.25, 0.3) is 5.91 Å². The molecule has 1 amide bonds. The van der Waals surface area contributed by atoms with Gasteiger partial charge in [0.05, 0.1) is 19.7 Å². The molecule has 0 bridgehead atoms. The van der Waals surface area contributed by atoms with Crippen LogP contribution in [0.5, 0.6) is 17.2 Å². The second-order valence-corrected chi connectivity index (χ2v) is 9.00. The monoisotopic (exact) mass is 447 g/mol. The lowest BCUT2D eigenvalue weighted by molar-refractivity contribution is -0.116. The molecule has 0 aliphatic carbocycles. The SMILES string of the molecule is COc1ccc(N2C(=O)C3=C(C(CC(C)C)=NCCN3C)C2c2ccc3c(c2)OCO3)cc1. The summed E-state index contributed by atoms with van der Waals surface area (Å²) in [6, 6.07) is 13.3. The van der Waals surface area contributed by atoms with Gasteiger partial charge >= 0.3 is 0 Å². The van der Waals surface area contributed by atoms with E-state index in [0.717, 1.165) is 46.2 Å². The Labute approximate surface area is 194 Å². The number of likely N-dealkylation sites (N-methyl/N-ethyl adjacent to an activating group) is 1. The molecule has 3 aliphatic heterocycles. The van der Waals surface area contributed by atoms with Crippen molar-refractivity contribution in [1.82, 2.24) is 4.90 Å². The minimum atomic E-state index is -0.312. The summed E-state index contributed by atoms with van der Waals surface area (Å²) >= 11 is 0. The quantitative estimate of drug-likeness (QED) is 0.688. The molecule has 1 atom stereocenters. The highest BCUT2D eigenvalue weighted by Crippen LogP contribution is 2.46. The first kappa shape index (κ1) is 21.4. The Morgan fingerprint density at radius 1 is 1.12 bits per heavy atom. The molecule has 3 heterocycles. The fourth-order valence-corrected chi connectivity index (χ4v) is 4.77. The second-order valence-electron chi connectivity index (χ2n) is 9.00. The summed E-state index contributed by atoms with van der Waals surface area (Å²) in [7, 11) is 3.62. The highest BCUT2D eigenvalue weighted by atomic mass is 16.7. The Bertz CT molecular complexity index is 1140. The molecule has 5 rings (SSSR count). The number of ether oxygens (including phenoxy) is 3. The summed E-state index contributed by atoms with van der Waals surface area (Å²) in [6.07, 6.45) is 0.817. The minimum absolute atomic E-state index is 0.0151. The number of aliphatic imine (C=N–C) groups is 1. The highest BCUT2D eigenvalue weighted by molar-refractivity contribution is 6.19. The number of fused-ring (bicyclic) bond motifs is 1. The summed E-state index contributed by atoms with van der Waals surface area (Å²) in [6.45, 7) is 5.96. The van der Waals surface area contributed by atoms with Crippen molar-refractivity contribution in [1.29, 1.82) is 0 Å². The second kappa shape index (κ2) is 8.46. The summed E-state index contributed by atoms with van der Waals surface area (Å²) in [5.41, 5.74) is 4.51. The topological polar surface area (TPSA) is 63.6 Å². The van der Waals surface area contributed by atoms with Crippen LogP contribution in [-0.4, -0.2) is 50.6 Å². The zero-order valence-corrected chi connectivity index (χ0v) is 19.5. The van der Waals surface area contributed by atoms with E-state index in [0.29, 0.717) is 24.8 Å². The lowest BCUT2D eigenvalue weighted by Gasteiger charge is -2.29. The lowest BCUT2D eigenvalue weighted by Crippen LogP contribution is -2.34. The highest BCUT2D eigenvalue weighted by Gasteiger charge is 2.45. The molecule has 1 unspecified atom stereocenters. The van der Waals surface area contributed by atoms with E-state index >= 15 is 0 Å². The van der Waals surface area contributed by atoms with Crippen LogP contribution in [0.2, 0.25) is 0 Å². The first-order valence-corrected chi connectivity index (χ1v) is 11.3. The van der Waals surface area contributed by atoms with Crippen molar-refractivity contribution < 1.29 is 19.0 Å². The number of rotatable bonds is 5. The Morgan fingerprint density at radius 2 is 1.88 bits per heavy atom. The average molecular weight is 448 g/mol. The maximum atomic E-state index is 14.0. The number of hydrogen-bond acceptors (Lipinski definition) is 6. The first-order valence-electron chi connectivity index (χ1n) is 11.3. The Balaban J connectivity index is 1.69. The maximum absolute atomic E-state index is 14.0. The molecule has 7 nitrogen and oxygen atoms in total. The zero-order chi connectivity index (χ0) is 23.1. The number of methoxy groups -OCH3 is 1. The van der Waals surface area contributed by atoms with Crippen LogP contribution in [0.1, 0.15) is 31.9 Å². The van der Waals surface area contributed by atoms with Crippen LogP contribution in [0.3, 0.4) is 0 Å². The molecule has 0 N–H and O–H groups in total. The Hall–Kier alpha value is -3.48. The predicted molar refractivity (Wildman–Crippen MR) is 127 cm³/mol. The molecule has 7 heteroatoms. The fraction of sp³-hybridized carbons (Fsp3) is 0.385. The van der Waals surface area contributed by atoms with E-state index in [1.807, 2.05) is 54.4 Å². The lowest BCUT2D eigenvalue weighted by atomic mass is 9.90. The van der Waals surface area contributed by atoms with E-state index in [9.17, 15) is 4.79 Å². The van der Waals surface area contributed by atoms with E-state index in [4.69, 9.17) is 19.2 Å². The Kier molecular flexibility index (Phi) is 5.48. The van der Waals surface area contributed by atoms with Crippen LogP contribution in [0.15, 0.2) is 58.7 Å². The van der Waals surface area contributed by atoms with Gasteiger partial charge in [-0.05, 0) is 54.3 Å². The molecule has 2 aromatic rings. The van der Waals surface area contributed by atoms with Gasteiger partial charge in [-0.2, -0.15) is 0 Å². The molecule has 0 saturated heterocycles. The molecule has 33 heavy (non-hydrogen) atoms. The van der Waals surface area contributed by atoms with E-state index in [1.165, 1.54) is 0 Å². The van der Waals surface area contributed by atoms with Crippen molar-refractivity contribution in [3.05, 3.63) is 59.3 Å². The third kappa shape index (κ3) is 3.71. The van der Waals surface area contributed by atoms with Gasteiger partial charge < -0.3 is 19.1 Å². The first-order chi connectivity index (χ1) is 16.0. The molecule has 172 valence electrons. The number of carbonyl (C=O) groups excluding carboxylic acids is 1. The van der Waals surface area contributed by atoms with Gasteiger partial charge in [0.1, 0.15) is 11.4 Å². The van der Waals surface area contributed by atoms with Gasteiger partial charge in [0.2, 0.25) is 6.79 Å². The summed E-state index contributed by atoms with van der Waals surface area (Å²) in [5, 5.41) is 0. The van der Waals surface area contributed by atoms with Gasteiger partial charge in [-0.1, -0.05) is 19.9 Å². The third-order valence-electron chi connectivity index (χ3n) is 6.30. The van der Waals surface area contributed by atoms with Crippen LogP contribution in [0, 0.1) is 5.92 Å². The van der Waals surface area contributed by atoms with Crippen molar-refractivity contribution in [3.8, 4) is 17.2 Å². The van der Waals surface area contributed by atoms with Crippen molar-refractivity contribution in [2.75, 3.05) is 38.9 Å². The van der Waals surface area contributed by atoms with E-state index in [-0.39, 0.29) is 18.7 Å². The summed E-state index contributed by atoms with van der Waals surface area (Å²) in [5.74, 6) is 2.58.